The van der Waals surface area contributed by atoms with E-state index in [0.29, 0.717) is 12.1 Å². The number of hydrogen-bond donors (Lipinski definition) is 0. The largest absolute Gasteiger partial charge is 0.371 e. The lowest BCUT2D eigenvalue weighted by Crippen LogP contribution is -2.50. The minimum Gasteiger partial charge on any atom is -0.371 e. The molecule has 35 heavy (non-hydrogen) atoms. The van der Waals surface area contributed by atoms with Crippen molar-refractivity contribution in [3.8, 4) is 0 Å². The Bertz CT molecular complexity index is 949. The molecule has 3 aliphatic heterocycles. The number of pyridine rings is 1. The van der Waals surface area contributed by atoms with Crippen molar-refractivity contribution in [2.24, 2.45) is 5.92 Å². The molecule has 0 spiro atoms. The molecule has 1 aromatic heterocycles. The van der Waals surface area contributed by atoms with E-state index in [1.165, 1.54) is 70.0 Å². The van der Waals surface area contributed by atoms with Crippen LogP contribution < -0.4 is 14.7 Å². The monoisotopic (exact) mass is 478 g/mol. The molecule has 0 N–H and O–H groups in total. The van der Waals surface area contributed by atoms with Gasteiger partial charge in [0.25, 0.3) is 0 Å². The first-order chi connectivity index (χ1) is 17.2. The molecule has 3 aliphatic rings. The molecule has 3 fully saturated rings. The van der Waals surface area contributed by atoms with Crippen LogP contribution in [0.1, 0.15) is 77.6 Å². The fourth-order valence-corrected chi connectivity index (χ4v) is 6.78. The van der Waals surface area contributed by atoms with Gasteiger partial charge in [-0.05, 0) is 68.7 Å². The molecule has 3 saturated heterocycles. The summed E-state index contributed by atoms with van der Waals surface area (Å²) >= 11 is 0. The van der Waals surface area contributed by atoms with Crippen LogP contribution in [0.25, 0.3) is 0 Å². The lowest BCUT2D eigenvalue weighted by Gasteiger charge is -2.42. The maximum atomic E-state index is 13.9. The average Bonchev–Trinajstić information content (AvgIpc) is 3.33. The number of unbranched alkanes of at least 4 members (excludes halogenated alkanes) is 4. The molecule has 0 radical (unpaired) electrons. The van der Waals surface area contributed by atoms with Gasteiger partial charge in [0.1, 0.15) is 11.6 Å². The van der Waals surface area contributed by atoms with Crippen LogP contribution in [0.2, 0.25) is 0 Å². The SMILES string of the molecule is CCCCCCC[C@H]1CCCN(c2ccnc(N3CC[C@@H]4[C@H]3CCCN4c3cccc(F)c3)c2)C1. The van der Waals surface area contributed by atoms with Crippen molar-refractivity contribution in [2.45, 2.75) is 89.6 Å². The Morgan fingerprint density at radius 3 is 2.60 bits per heavy atom. The molecule has 5 rings (SSSR count). The Balaban J connectivity index is 1.23. The number of nitrogens with zero attached hydrogens (tertiary/aromatic N) is 4. The Kier molecular flexibility index (Phi) is 8.10. The van der Waals surface area contributed by atoms with Crippen molar-refractivity contribution in [3.63, 3.8) is 0 Å². The summed E-state index contributed by atoms with van der Waals surface area (Å²) in [6.07, 6.45) is 16.4. The van der Waals surface area contributed by atoms with Gasteiger partial charge < -0.3 is 14.7 Å². The zero-order chi connectivity index (χ0) is 24.0. The van der Waals surface area contributed by atoms with E-state index in [1.54, 1.807) is 12.1 Å². The Hall–Kier alpha value is -2.30. The number of fused-ring (bicyclic) bond motifs is 1. The minimum atomic E-state index is -0.144. The minimum absolute atomic E-state index is 0.144. The molecule has 0 bridgehead atoms. The predicted octanol–water partition coefficient (Wildman–Crippen LogP) is 7.05. The molecule has 190 valence electrons. The Morgan fingerprint density at radius 1 is 0.857 bits per heavy atom. The lowest BCUT2D eigenvalue weighted by molar-refractivity contribution is 0.375. The maximum absolute atomic E-state index is 13.9. The summed E-state index contributed by atoms with van der Waals surface area (Å²) in [5.74, 6) is 1.81. The molecule has 4 heterocycles. The third-order valence-electron chi connectivity index (χ3n) is 8.57. The quantitative estimate of drug-likeness (QED) is 0.360. The number of benzene rings is 1. The lowest BCUT2D eigenvalue weighted by atomic mass is 9.92. The zero-order valence-corrected chi connectivity index (χ0v) is 21.5. The Morgan fingerprint density at radius 2 is 1.71 bits per heavy atom. The number of anilines is 3. The summed E-state index contributed by atoms with van der Waals surface area (Å²) in [6.45, 7) is 6.68. The molecule has 4 nitrogen and oxygen atoms in total. The molecule has 3 atom stereocenters. The number of rotatable bonds is 9. The van der Waals surface area contributed by atoms with Gasteiger partial charge in [-0.2, -0.15) is 0 Å². The first-order valence-corrected chi connectivity index (χ1v) is 14.2. The van der Waals surface area contributed by atoms with Gasteiger partial charge in [-0.1, -0.05) is 45.1 Å². The number of piperidine rings is 2. The van der Waals surface area contributed by atoms with Gasteiger partial charge in [-0.25, -0.2) is 9.37 Å². The maximum Gasteiger partial charge on any atom is 0.130 e. The summed E-state index contributed by atoms with van der Waals surface area (Å²) in [4.78, 5) is 12.4. The fourth-order valence-electron chi connectivity index (χ4n) is 6.78. The molecule has 5 heteroatoms. The van der Waals surface area contributed by atoms with Gasteiger partial charge >= 0.3 is 0 Å². The summed E-state index contributed by atoms with van der Waals surface area (Å²) in [5, 5.41) is 0. The van der Waals surface area contributed by atoms with Gasteiger partial charge in [0.15, 0.2) is 0 Å². The summed E-state index contributed by atoms with van der Waals surface area (Å²) in [6, 6.07) is 12.6. The molecular formula is C30H43FN4. The molecule has 1 aromatic carbocycles. The van der Waals surface area contributed by atoms with E-state index in [4.69, 9.17) is 4.98 Å². The van der Waals surface area contributed by atoms with E-state index in [-0.39, 0.29) is 5.82 Å². The van der Waals surface area contributed by atoms with Crippen molar-refractivity contribution >= 4 is 17.2 Å². The highest BCUT2D eigenvalue weighted by Crippen LogP contribution is 2.37. The van der Waals surface area contributed by atoms with Gasteiger partial charge in [0.2, 0.25) is 0 Å². The van der Waals surface area contributed by atoms with E-state index < -0.39 is 0 Å². The van der Waals surface area contributed by atoms with Gasteiger partial charge in [-0.15, -0.1) is 0 Å². The molecule has 0 amide bonds. The summed E-state index contributed by atoms with van der Waals surface area (Å²) < 4.78 is 13.9. The predicted molar refractivity (Wildman–Crippen MR) is 145 cm³/mol. The summed E-state index contributed by atoms with van der Waals surface area (Å²) in [7, 11) is 0. The number of hydrogen-bond acceptors (Lipinski definition) is 4. The van der Waals surface area contributed by atoms with Crippen molar-refractivity contribution in [1.82, 2.24) is 4.98 Å². The number of aromatic nitrogens is 1. The first kappa shape index (κ1) is 24.4. The van der Waals surface area contributed by atoms with Crippen LogP contribution >= 0.6 is 0 Å². The second-order valence-electron chi connectivity index (χ2n) is 11.0. The van der Waals surface area contributed by atoms with Crippen LogP contribution in [-0.2, 0) is 0 Å². The van der Waals surface area contributed by atoms with Gasteiger partial charge in [0.05, 0.1) is 12.1 Å². The van der Waals surface area contributed by atoms with Crippen LogP contribution in [0, 0.1) is 11.7 Å². The van der Waals surface area contributed by atoms with Gasteiger partial charge in [0, 0.05) is 49.8 Å². The van der Waals surface area contributed by atoms with E-state index >= 15 is 0 Å². The normalized spacial score (nSPS) is 24.6. The highest BCUT2D eigenvalue weighted by molar-refractivity contribution is 5.58. The second-order valence-corrected chi connectivity index (χ2v) is 11.0. The molecule has 0 unspecified atom stereocenters. The van der Waals surface area contributed by atoms with E-state index in [2.05, 4.69) is 39.8 Å². The number of halogens is 1. The standard InChI is InChI=1S/C30H43FN4/c1-2-3-4-5-6-10-24-11-8-18-33(23-24)26-15-17-32-30(22-26)35-20-16-29-28(35)14-9-19-34(29)27-13-7-12-25(31)21-27/h7,12-13,15,17,21-22,24,28-29H,2-6,8-11,14,16,18-20,23H2,1H3/t24-,28+,29+/m0/s1. The molecule has 0 aliphatic carbocycles. The second kappa shape index (κ2) is 11.6. The third kappa shape index (κ3) is 5.76. The highest BCUT2D eigenvalue weighted by atomic mass is 19.1. The molecule has 2 aromatic rings. The van der Waals surface area contributed by atoms with Crippen LogP contribution in [0.3, 0.4) is 0 Å². The topological polar surface area (TPSA) is 22.6 Å². The highest BCUT2D eigenvalue weighted by Gasteiger charge is 2.41. The van der Waals surface area contributed by atoms with E-state index in [0.717, 1.165) is 49.9 Å². The van der Waals surface area contributed by atoms with Crippen LogP contribution in [0.5, 0.6) is 0 Å². The van der Waals surface area contributed by atoms with Crippen molar-refractivity contribution in [1.29, 1.82) is 0 Å². The Labute approximate surface area is 211 Å². The van der Waals surface area contributed by atoms with E-state index in [9.17, 15) is 4.39 Å². The fraction of sp³-hybridized carbons (Fsp3) is 0.633. The third-order valence-corrected chi connectivity index (χ3v) is 8.57. The zero-order valence-electron chi connectivity index (χ0n) is 21.5. The first-order valence-electron chi connectivity index (χ1n) is 14.2. The van der Waals surface area contributed by atoms with E-state index in [1.807, 2.05) is 12.3 Å². The van der Waals surface area contributed by atoms with Gasteiger partial charge in [-0.3, -0.25) is 0 Å². The average molecular weight is 479 g/mol. The summed E-state index contributed by atoms with van der Waals surface area (Å²) in [5.41, 5.74) is 2.37. The van der Waals surface area contributed by atoms with Crippen LogP contribution in [-0.4, -0.2) is 43.2 Å². The van der Waals surface area contributed by atoms with Crippen LogP contribution in [0.15, 0.2) is 42.6 Å². The molecule has 0 saturated carbocycles. The van der Waals surface area contributed by atoms with Crippen molar-refractivity contribution in [2.75, 3.05) is 40.9 Å². The smallest absolute Gasteiger partial charge is 0.130 e. The molecular weight excluding hydrogens is 435 g/mol. The van der Waals surface area contributed by atoms with Crippen molar-refractivity contribution in [3.05, 3.63) is 48.4 Å². The van der Waals surface area contributed by atoms with Crippen molar-refractivity contribution < 1.29 is 4.39 Å². The van der Waals surface area contributed by atoms with Crippen LogP contribution in [0.4, 0.5) is 21.6 Å².